The van der Waals surface area contributed by atoms with Crippen LogP contribution in [0.4, 0.5) is 5.69 Å². The topological polar surface area (TPSA) is 77.1 Å². The first-order chi connectivity index (χ1) is 16.6. The van der Waals surface area contributed by atoms with Crippen molar-refractivity contribution >= 4 is 33.5 Å². The largest absolute Gasteiger partial charge is 0.496 e. The highest BCUT2D eigenvalue weighted by Gasteiger charge is 2.63. The van der Waals surface area contributed by atoms with Crippen LogP contribution >= 0.6 is 15.9 Å². The summed E-state index contributed by atoms with van der Waals surface area (Å²) in [6, 6.07) is 25.8. The van der Waals surface area contributed by atoms with E-state index in [1.165, 1.54) is 0 Å². The zero-order valence-corrected chi connectivity index (χ0v) is 19.9. The third-order valence-corrected chi connectivity index (χ3v) is 7.40. The number of anilines is 1. The molecular formula is C28H20BrN3O2. The average Bonchev–Trinajstić information content (AvgIpc) is 3.19. The molecule has 3 aromatic rings. The van der Waals surface area contributed by atoms with Gasteiger partial charge in [-0.3, -0.25) is 4.79 Å². The molecule has 0 unspecified atom stereocenters. The first kappa shape index (κ1) is 21.9. The molecule has 5 nitrogen and oxygen atoms in total. The number of hydrogen-bond donors (Lipinski definition) is 0. The number of nitrogens with zero attached hydrogens (tertiary/aromatic N) is 3. The van der Waals surface area contributed by atoms with Gasteiger partial charge in [-0.1, -0.05) is 60.7 Å². The van der Waals surface area contributed by atoms with Crippen LogP contribution in [0.25, 0.3) is 6.08 Å². The van der Waals surface area contributed by atoms with E-state index in [9.17, 15) is 15.3 Å². The summed E-state index contributed by atoms with van der Waals surface area (Å²) in [5.41, 5.74) is 1.61. The minimum atomic E-state index is -1.45. The van der Waals surface area contributed by atoms with Crippen molar-refractivity contribution < 1.29 is 9.53 Å². The number of rotatable bonds is 4. The van der Waals surface area contributed by atoms with Crippen LogP contribution in [0.2, 0.25) is 0 Å². The molecule has 0 amide bonds. The highest BCUT2D eigenvalue weighted by Crippen LogP contribution is 2.55. The Balaban J connectivity index is 1.76. The molecule has 0 aliphatic carbocycles. The van der Waals surface area contributed by atoms with E-state index in [0.29, 0.717) is 15.8 Å². The predicted molar refractivity (Wildman–Crippen MR) is 133 cm³/mol. The van der Waals surface area contributed by atoms with Gasteiger partial charge in [0.1, 0.15) is 11.8 Å². The first-order valence-corrected chi connectivity index (χ1v) is 11.7. The lowest BCUT2D eigenvalue weighted by Gasteiger charge is -2.35. The molecule has 34 heavy (non-hydrogen) atoms. The second-order valence-corrected chi connectivity index (χ2v) is 9.26. The minimum absolute atomic E-state index is 0.153. The molecule has 0 spiro atoms. The zero-order chi connectivity index (χ0) is 23.9. The molecule has 2 heterocycles. The van der Waals surface area contributed by atoms with Crippen molar-refractivity contribution in [3.8, 4) is 17.9 Å². The van der Waals surface area contributed by atoms with Crippen molar-refractivity contribution in [2.24, 2.45) is 5.41 Å². The molecule has 3 atom stereocenters. The molecule has 1 saturated heterocycles. The Morgan fingerprint density at radius 3 is 2.41 bits per heavy atom. The summed E-state index contributed by atoms with van der Waals surface area (Å²) in [7, 11) is 1.57. The van der Waals surface area contributed by atoms with Crippen molar-refractivity contribution in [3.05, 3.63) is 100 Å². The van der Waals surface area contributed by atoms with Gasteiger partial charge < -0.3 is 9.64 Å². The fourth-order valence-corrected chi connectivity index (χ4v) is 5.80. The summed E-state index contributed by atoms with van der Waals surface area (Å²) >= 11 is 3.48. The lowest BCUT2D eigenvalue weighted by molar-refractivity contribution is 0.0951. The van der Waals surface area contributed by atoms with Gasteiger partial charge >= 0.3 is 0 Å². The second-order valence-electron chi connectivity index (χ2n) is 8.41. The van der Waals surface area contributed by atoms with E-state index < -0.39 is 23.4 Å². The third kappa shape index (κ3) is 3.15. The van der Waals surface area contributed by atoms with Gasteiger partial charge in [-0.05, 0) is 51.3 Å². The number of para-hydroxylation sites is 1. The van der Waals surface area contributed by atoms with Gasteiger partial charge in [-0.15, -0.1) is 0 Å². The number of halogens is 1. The Morgan fingerprint density at radius 2 is 1.74 bits per heavy atom. The fraction of sp³-hybridized carbons (Fsp3) is 0.179. The number of nitriles is 2. The molecule has 3 aromatic carbocycles. The van der Waals surface area contributed by atoms with Gasteiger partial charge in [0.15, 0.2) is 11.2 Å². The Bertz CT molecular complexity index is 1370. The number of carbonyl (C=O) groups excluding carboxylic acids is 1. The number of hydrogen-bond acceptors (Lipinski definition) is 5. The molecule has 0 bridgehead atoms. The highest BCUT2D eigenvalue weighted by atomic mass is 79.9. The molecular weight excluding hydrogens is 490 g/mol. The molecule has 6 heteroatoms. The number of benzene rings is 3. The van der Waals surface area contributed by atoms with Crippen LogP contribution in [0.15, 0.2) is 83.3 Å². The molecule has 5 rings (SSSR count). The Kier molecular flexibility index (Phi) is 5.48. The van der Waals surface area contributed by atoms with Crippen molar-refractivity contribution in [1.29, 1.82) is 10.5 Å². The van der Waals surface area contributed by atoms with E-state index in [0.717, 1.165) is 16.8 Å². The average molecular weight is 510 g/mol. The number of ketones is 1. The number of Topliss-reactive ketones (excluding diaryl/α,β-unsaturated/α-hetero) is 1. The van der Waals surface area contributed by atoms with E-state index in [4.69, 9.17) is 4.74 Å². The summed E-state index contributed by atoms with van der Waals surface area (Å²) in [4.78, 5) is 16.2. The van der Waals surface area contributed by atoms with Crippen LogP contribution in [0, 0.1) is 28.1 Å². The predicted octanol–water partition coefficient (Wildman–Crippen LogP) is 5.74. The van der Waals surface area contributed by atoms with Gasteiger partial charge in [-0.2, -0.15) is 10.5 Å². The molecule has 2 aliphatic heterocycles. The lowest BCUT2D eigenvalue weighted by atomic mass is 9.69. The van der Waals surface area contributed by atoms with Gasteiger partial charge in [0.25, 0.3) is 0 Å². The Labute approximate surface area is 206 Å². The van der Waals surface area contributed by atoms with Crippen LogP contribution in [0.5, 0.6) is 5.75 Å². The van der Waals surface area contributed by atoms with Gasteiger partial charge in [0.2, 0.25) is 0 Å². The SMILES string of the molecule is COc1ccc(C(=O)[C@@H]2[C@@H](c3ccccc3)C(C#N)(C#N)[C@@H]3C=Cc4ccccc4N23)cc1Br. The monoisotopic (exact) mass is 509 g/mol. The third-order valence-electron chi connectivity index (χ3n) is 6.78. The lowest BCUT2D eigenvalue weighted by Crippen LogP contribution is -2.44. The van der Waals surface area contributed by atoms with Crippen molar-refractivity contribution in [2.45, 2.75) is 18.0 Å². The van der Waals surface area contributed by atoms with Crippen LogP contribution < -0.4 is 9.64 Å². The van der Waals surface area contributed by atoms with Crippen LogP contribution in [-0.4, -0.2) is 25.0 Å². The smallest absolute Gasteiger partial charge is 0.186 e. The molecule has 1 fully saturated rings. The van der Waals surface area contributed by atoms with E-state index in [1.807, 2.05) is 71.6 Å². The van der Waals surface area contributed by atoms with E-state index in [-0.39, 0.29) is 5.78 Å². The number of methoxy groups -OCH3 is 1. The second kappa shape index (κ2) is 8.48. The number of fused-ring (bicyclic) bond motifs is 3. The summed E-state index contributed by atoms with van der Waals surface area (Å²) in [5.74, 6) is -0.187. The number of carbonyl (C=O) groups is 1. The molecule has 0 saturated carbocycles. The molecule has 0 aromatic heterocycles. The van der Waals surface area contributed by atoms with Crippen LogP contribution in [0.3, 0.4) is 0 Å². The van der Waals surface area contributed by atoms with Crippen molar-refractivity contribution in [3.63, 3.8) is 0 Å². The highest BCUT2D eigenvalue weighted by molar-refractivity contribution is 9.10. The fourth-order valence-electron chi connectivity index (χ4n) is 5.26. The van der Waals surface area contributed by atoms with E-state index in [1.54, 1.807) is 25.3 Å². The van der Waals surface area contributed by atoms with Crippen LogP contribution in [0.1, 0.15) is 27.4 Å². The Hall–Kier alpha value is -3.87. The van der Waals surface area contributed by atoms with Gasteiger partial charge in [0, 0.05) is 17.2 Å². The summed E-state index contributed by atoms with van der Waals surface area (Å²) in [5, 5.41) is 20.9. The molecule has 0 radical (unpaired) electrons. The molecule has 2 aliphatic rings. The molecule has 0 N–H and O–H groups in total. The first-order valence-electron chi connectivity index (χ1n) is 10.9. The maximum absolute atomic E-state index is 14.2. The normalized spacial score (nSPS) is 21.6. The van der Waals surface area contributed by atoms with E-state index >= 15 is 0 Å². The van der Waals surface area contributed by atoms with Gasteiger partial charge in [0.05, 0.1) is 29.8 Å². The zero-order valence-electron chi connectivity index (χ0n) is 18.4. The summed E-state index contributed by atoms with van der Waals surface area (Å²) < 4.78 is 6.00. The van der Waals surface area contributed by atoms with Crippen LogP contribution in [-0.2, 0) is 0 Å². The Morgan fingerprint density at radius 1 is 1.03 bits per heavy atom. The van der Waals surface area contributed by atoms with Gasteiger partial charge in [-0.25, -0.2) is 0 Å². The minimum Gasteiger partial charge on any atom is -0.496 e. The number of ether oxygens (including phenoxy) is 1. The maximum atomic E-state index is 14.2. The quantitative estimate of drug-likeness (QED) is 0.419. The summed E-state index contributed by atoms with van der Waals surface area (Å²) in [6.45, 7) is 0. The van der Waals surface area contributed by atoms with Crippen molar-refractivity contribution in [1.82, 2.24) is 0 Å². The summed E-state index contributed by atoms with van der Waals surface area (Å²) in [6.07, 6.45) is 3.83. The standard InChI is InChI=1S/C28H20BrN3O2/c1-34-23-13-11-20(15-21(23)29)27(33)26-25(19-8-3-2-4-9-19)28(16-30,17-31)24-14-12-18-7-5-6-10-22(18)32(24)26/h2-15,24-26H,1H3/t24-,25+,26-/m0/s1. The molecule has 166 valence electrons. The van der Waals surface area contributed by atoms with Crippen molar-refractivity contribution in [2.75, 3.05) is 12.0 Å². The van der Waals surface area contributed by atoms with E-state index in [2.05, 4.69) is 28.1 Å². The maximum Gasteiger partial charge on any atom is 0.186 e.